The van der Waals surface area contributed by atoms with Crippen molar-refractivity contribution < 1.29 is 19.4 Å². The zero-order valence-electron chi connectivity index (χ0n) is 20.1. The van der Waals surface area contributed by atoms with E-state index in [4.69, 9.17) is 9.47 Å². The molecule has 0 saturated heterocycles. The van der Waals surface area contributed by atoms with Crippen LogP contribution in [0.4, 0.5) is 0 Å². The SMILES string of the molecule is COc1ccc(C2CC(c3c(O)n(-c4cc(C)cc(C)c4)c(=O)[nH]c3=O)=NN2C(C)=O)c(OC)c1. The number of aromatic hydroxyl groups is 1. The van der Waals surface area contributed by atoms with Crippen molar-refractivity contribution in [2.75, 3.05) is 14.2 Å². The minimum atomic E-state index is -0.794. The summed E-state index contributed by atoms with van der Waals surface area (Å²) in [6, 6.07) is 9.96. The Morgan fingerprint density at radius 1 is 1.09 bits per heavy atom. The average molecular weight is 479 g/mol. The standard InChI is InChI=1S/C25H26N4O6/c1-13-8-14(2)10-16(9-13)28-24(32)22(23(31)26-25(28)33)19-12-20(29(27-19)15(3)30)18-7-6-17(34-4)11-21(18)35-5/h6-11,20,32H,12H2,1-5H3,(H,26,31,33). The molecular formula is C25H26N4O6. The lowest BCUT2D eigenvalue weighted by atomic mass is 9.98. The lowest BCUT2D eigenvalue weighted by Crippen LogP contribution is -2.33. The van der Waals surface area contributed by atoms with E-state index in [-0.39, 0.29) is 23.6 Å². The minimum absolute atomic E-state index is 0.115. The van der Waals surface area contributed by atoms with Crippen LogP contribution in [0.3, 0.4) is 0 Å². The molecule has 1 aliphatic heterocycles. The van der Waals surface area contributed by atoms with E-state index in [2.05, 4.69) is 10.1 Å². The van der Waals surface area contributed by atoms with Gasteiger partial charge in [0.2, 0.25) is 11.8 Å². The molecule has 182 valence electrons. The molecule has 0 bridgehead atoms. The number of rotatable bonds is 5. The molecule has 1 unspecified atom stereocenters. The number of hydrazone groups is 1. The van der Waals surface area contributed by atoms with Crippen LogP contribution in [0.2, 0.25) is 0 Å². The number of H-pyrrole nitrogens is 1. The summed E-state index contributed by atoms with van der Waals surface area (Å²) in [7, 11) is 3.04. The molecule has 1 aliphatic rings. The first-order valence-corrected chi connectivity index (χ1v) is 10.9. The summed E-state index contributed by atoms with van der Waals surface area (Å²) >= 11 is 0. The molecule has 1 amide bonds. The van der Waals surface area contributed by atoms with Crippen molar-refractivity contribution in [3.8, 4) is 23.1 Å². The van der Waals surface area contributed by atoms with Crippen LogP contribution < -0.4 is 20.7 Å². The van der Waals surface area contributed by atoms with Gasteiger partial charge in [-0.2, -0.15) is 5.10 Å². The summed E-state index contributed by atoms with van der Waals surface area (Å²) in [5, 5.41) is 16.7. The van der Waals surface area contributed by atoms with Crippen molar-refractivity contribution in [2.24, 2.45) is 5.10 Å². The highest BCUT2D eigenvalue weighted by Gasteiger charge is 2.36. The topological polar surface area (TPSA) is 126 Å². The number of amides is 1. The highest BCUT2D eigenvalue weighted by atomic mass is 16.5. The first-order valence-electron chi connectivity index (χ1n) is 10.9. The molecule has 1 aromatic heterocycles. The Balaban J connectivity index is 1.85. The van der Waals surface area contributed by atoms with E-state index in [0.717, 1.165) is 15.7 Å². The first kappa shape index (κ1) is 23.8. The number of nitrogens with zero attached hydrogens (tertiary/aromatic N) is 3. The Kier molecular flexibility index (Phi) is 6.21. The second-order valence-corrected chi connectivity index (χ2v) is 8.38. The highest BCUT2D eigenvalue weighted by Crippen LogP contribution is 2.39. The monoisotopic (exact) mass is 478 g/mol. The fraction of sp³-hybridized carbons (Fsp3) is 0.280. The van der Waals surface area contributed by atoms with Gasteiger partial charge in [0.15, 0.2) is 0 Å². The molecule has 10 heteroatoms. The number of nitrogens with one attached hydrogen (secondary N) is 1. The number of hydrogen-bond acceptors (Lipinski definition) is 7. The van der Waals surface area contributed by atoms with Gasteiger partial charge in [0.05, 0.1) is 31.7 Å². The molecule has 0 radical (unpaired) electrons. The Morgan fingerprint density at radius 2 is 1.77 bits per heavy atom. The van der Waals surface area contributed by atoms with Crippen molar-refractivity contribution in [2.45, 2.75) is 33.2 Å². The maximum Gasteiger partial charge on any atom is 0.335 e. The number of benzene rings is 2. The third-order valence-corrected chi connectivity index (χ3v) is 5.87. The van der Waals surface area contributed by atoms with Gasteiger partial charge in [0.25, 0.3) is 5.56 Å². The lowest BCUT2D eigenvalue weighted by Gasteiger charge is -2.22. The molecule has 0 spiro atoms. The molecule has 2 aromatic carbocycles. The fourth-order valence-corrected chi connectivity index (χ4v) is 4.39. The predicted octanol–water partition coefficient (Wildman–Crippen LogP) is 2.56. The quantitative estimate of drug-likeness (QED) is 0.580. The normalized spacial score (nSPS) is 15.2. The first-order chi connectivity index (χ1) is 16.6. The van der Waals surface area contributed by atoms with Crippen LogP contribution in [0.15, 0.2) is 51.1 Å². The lowest BCUT2D eigenvalue weighted by molar-refractivity contribution is -0.130. The van der Waals surface area contributed by atoms with Gasteiger partial charge >= 0.3 is 5.69 Å². The molecule has 3 aromatic rings. The maximum absolute atomic E-state index is 12.8. The van der Waals surface area contributed by atoms with Gasteiger partial charge in [-0.1, -0.05) is 6.07 Å². The highest BCUT2D eigenvalue weighted by molar-refractivity contribution is 6.04. The van der Waals surface area contributed by atoms with E-state index in [1.54, 1.807) is 30.3 Å². The summed E-state index contributed by atoms with van der Waals surface area (Å²) in [4.78, 5) is 40.2. The number of methoxy groups -OCH3 is 2. The van der Waals surface area contributed by atoms with Crippen molar-refractivity contribution in [3.05, 3.63) is 79.5 Å². The zero-order valence-corrected chi connectivity index (χ0v) is 20.1. The second kappa shape index (κ2) is 9.13. The van der Waals surface area contributed by atoms with Crippen LogP contribution in [0.5, 0.6) is 17.4 Å². The molecule has 0 fully saturated rings. The molecule has 0 saturated carbocycles. The third kappa shape index (κ3) is 4.30. The predicted molar refractivity (Wildman–Crippen MR) is 130 cm³/mol. The van der Waals surface area contributed by atoms with Crippen LogP contribution in [-0.2, 0) is 4.79 Å². The molecule has 4 rings (SSSR count). The van der Waals surface area contributed by atoms with E-state index in [1.165, 1.54) is 26.2 Å². The van der Waals surface area contributed by atoms with E-state index in [9.17, 15) is 19.5 Å². The Bertz CT molecular complexity index is 1450. The van der Waals surface area contributed by atoms with E-state index >= 15 is 0 Å². The van der Waals surface area contributed by atoms with Crippen LogP contribution in [-0.4, -0.2) is 45.5 Å². The molecule has 10 nitrogen and oxygen atoms in total. The Morgan fingerprint density at radius 3 is 2.37 bits per heavy atom. The largest absolute Gasteiger partial charge is 0.497 e. The van der Waals surface area contributed by atoms with Crippen LogP contribution in [0.1, 0.15) is 41.6 Å². The van der Waals surface area contributed by atoms with E-state index < -0.39 is 23.2 Å². The van der Waals surface area contributed by atoms with Gasteiger partial charge in [0.1, 0.15) is 17.1 Å². The van der Waals surface area contributed by atoms with Gasteiger partial charge in [0, 0.05) is 25.0 Å². The summed E-state index contributed by atoms with van der Waals surface area (Å²) in [5.74, 6) is 0.152. The number of aromatic nitrogens is 2. The molecule has 2 heterocycles. The van der Waals surface area contributed by atoms with Gasteiger partial charge in [-0.3, -0.25) is 14.6 Å². The van der Waals surface area contributed by atoms with Crippen LogP contribution in [0, 0.1) is 13.8 Å². The number of aryl methyl sites for hydroxylation is 2. The van der Waals surface area contributed by atoms with Crippen molar-refractivity contribution in [1.29, 1.82) is 0 Å². The summed E-state index contributed by atoms with van der Waals surface area (Å²) in [5.41, 5.74) is 1.23. The van der Waals surface area contributed by atoms with Gasteiger partial charge in [-0.15, -0.1) is 0 Å². The summed E-state index contributed by atoms with van der Waals surface area (Å²) in [6.45, 7) is 5.09. The number of hydrogen-bond donors (Lipinski definition) is 2. The summed E-state index contributed by atoms with van der Waals surface area (Å²) < 4.78 is 11.8. The van der Waals surface area contributed by atoms with Gasteiger partial charge in [-0.05, 0) is 49.2 Å². The molecule has 0 aliphatic carbocycles. The Hall–Kier alpha value is -4.34. The second-order valence-electron chi connectivity index (χ2n) is 8.38. The number of ether oxygens (including phenoxy) is 2. The maximum atomic E-state index is 12.8. The van der Waals surface area contributed by atoms with Crippen LogP contribution in [0.25, 0.3) is 5.69 Å². The summed E-state index contributed by atoms with van der Waals surface area (Å²) in [6.07, 6.45) is 0.115. The number of aromatic amines is 1. The zero-order chi connectivity index (χ0) is 25.4. The minimum Gasteiger partial charge on any atom is -0.497 e. The fourth-order valence-electron chi connectivity index (χ4n) is 4.39. The number of carbonyl (C=O) groups excluding carboxylic acids is 1. The van der Waals surface area contributed by atoms with Crippen molar-refractivity contribution in [3.63, 3.8) is 0 Å². The average Bonchev–Trinajstić information content (AvgIpc) is 3.22. The number of carbonyl (C=O) groups is 1. The van der Waals surface area contributed by atoms with Gasteiger partial charge < -0.3 is 14.6 Å². The molecule has 1 atom stereocenters. The van der Waals surface area contributed by atoms with Crippen LogP contribution >= 0.6 is 0 Å². The Labute approximate surface area is 201 Å². The third-order valence-electron chi connectivity index (χ3n) is 5.87. The van der Waals surface area contributed by atoms with E-state index in [0.29, 0.717) is 22.7 Å². The smallest absolute Gasteiger partial charge is 0.335 e. The van der Waals surface area contributed by atoms with Crippen molar-refractivity contribution in [1.82, 2.24) is 14.6 Å². The molecular weight excluding hydrogens is 452 g/mol. The van der Waals surface area contributed by atoms with Gasteiger partial charge in [-0.25, -0.2) is 14.4 Å². The van der Waals surface area contributed by atoms with Crippen molar-refractivity contribution >= 4 is 11.6 Å². The molecule has 35 heavy (non-hydrogen) atoms. The van der Waals surface area contributed by atoms with E-state index in [1.807, 2.05) is 19.9 Å². The molecule has 2 N–H and O–H groups in total.